The van der Waals surface area contributed by atoms with Crippen molar-refractivity contribution in [2.45, 2.75) is 13.8 Å². The zero-order valence-electron chi connectivity index (χ0n) is 5.93. The molecule has 3 heteroatoms. The Labute approximate surface area is 58.0 Å². The second kappa shape index (κ2) is 2.17. The van der Waals surface area contributed by atoms with Crippen molar-refractivity contribution in [2.75, 3.05) is 0 Å². The molecule has 0 aliphatic carbocycles. The second-order valence-electron chi connectivity index (χ2n) is 2.12. The molecule has 1 aromatic heterocycles. The molecular formula is C7H8O3. The van der Waals surface area contributed by atoms with Crippen LogP contribution in [-0.2, 0) is 0 Å². The quantitative estimate of drug-likeness (QED) is 0.594. The van der Waals surface area contributed by atoms with Gasteiger partial charge < -0.3 is 8.83 Å². The lowest BCUT2D eigenvalue weighted by molar-refractivity contribution is 0.376. The minimum atomic E-state index is -0.671. The largest absolute Gasteiger partial charge is 0.519 e. The van der Waals surface area contributed by atoms with E-state index in [0.29, 0.717) is 17.1 Å². The molecule has 0 spiro atoms. The molecule has 0 unspecified atom stereocenters. The van der Waals surface area contributed by atoms with E-state index in [-0.39, 0.29) is 0 Å². The van der Waals surface area contributed by atoms with Gasteiger partial charge in [-0.05, 0) is 19.4 Å². The number of hydrogen-bond acceptors (Lipinski definition) is 3. The lowest BCUT2D eigenvalue weighted by Crippen LogP contribution is -1.85. The highest BCUT2D eigenvalue weighted by Crippen LogP contribution is 2.13. The summed E-state index contributed by atoms with van der Waals surface area (Å²) in [5, 5.41) is 0. The highest BCUT2D eigenvalue weighted by Gasteiger charge is 2.07. The van der Waals surface area contributed by atoms with Crippen molar-refractivity contribution in [3.8, 4) is 0 Å². The maximum Gasteiger partial charge on any atom is 0.519 e. The van der Waals surface area contributed by atoms with Crippen LogP contribution in [0.1, 0.15) is 18.4 Å². The molecule has 3 nitrogen and oxygen atoms in total. The Balaban J connectivity index is 3.28. The third-order valence-corrected chi connectivity index (χ3v) is 1.13. The normalized spacial score (nSPS) is 9.80. The fraction of sp³-hybridized carbons (Fsp3) is 0.286. The van der Waals surface area contributed by atoms with Crippen LogP contribution in [0, 0.1) is 6.92 Å². The predicted molar refractivity (Wildman–Crippen MR) is 36.7 cm³/mol. The molecule has 0 bridgehead atoms. The van der Waals surface area contributed by atoms with Gasteiger partial charge in [0.1, 0.15) is 0 Å². The summed E-state index contributed by atoms with van der Waals surface area (Å²) in [7, 11) is 0. The van der Waals surface area contributed by atoms with Gasteiger partial charge in [0.15, 0.2) is 11.5 Å². The Bertz CT molecular complexity index is 303. The standard InChI is InChI=1S/C7H8O3/c1-4(2)6-5(3)9-7(8)10-6/h1H2,2-3H3. The number of rotatable bonds is 1. The molecule has 10 heavy (non-hydrogen) atoms. The van der Waals surface area contributed by atoms with E-state index >= 15 is 0 Å². The van der Waals surface area contributed by atoms with Crippen molar-refractivity contribution in [2.24, 2.45) is 0 Å². The fourth-order valence-electron chi connectivity index (χ4n) is 0.735. The lowest BCUT2D eigenvalue weighted by atomic mass is 10.2. The van der Waals surface area contributed by atoms with Crippen LogP contribution in [0.2, 0.25) is 0 Å². The molecule has 54 valence electrons. The van der Waals surface area contributed by atoms with Crippen LogP contribution in [0.4, 0.5) is 0 Å². The monoisotopic (exact) mass is 140 g/mol. The van der Waals surface area contributed by atoms with Gasteiger partial charge in [-0.2, -0.15) is 0 Å². The Morgan fingerprint density at radius 3 is 2.30 bits per heavy atom. The van der Waals surface area contributed by atoms with E-state index in [1.165, 1.54) is 0 Å². The van der Waals surface area contributed by atoms with Crippen LogP contribution in [0.15, 0.2) is 20.2 Å². The summed E-state index contributed by atoms with van der Waals surface area (Å²) >= 11 is 0. The molecule has 1 rings (SSSR count). The fourth-order valence-corrected chi connectivity index (χ4v) is 0.735. The minimum absolute atomic E-state index is 0.449. The van der Waals surface area contributed by atoms with Gasteiger partial charge in [-0.3, -0.25) is 0 Å². The summed E-state index contributed by atoms with van der Waals surface area (Å²) in [5.74, 6) is 0.262. The zero-order valence-corrected chi connectivity index (χ0v) is 5.93. The van der Waals surface area contributed by atoms with Crippen molar-refractivity contribution in [1.29, 1.82) is 0 Å². The Morgan fingerprint density at radius 1 is 1.50 bits per heavy atom. The third kappa shape index (κ3) is 1.03. The summed E-state index contributed by atoms with van der Waals surface area (Å²) < 4.78 is 9.25. The molecule has 0 aromatic carbocycles. The van der Waals surface area contributed by atoms with Crippen molar-refractivity contribution < 1.29 is 8.83 Å². The van der Waals surface area contributed by atoms with Gasteiger partial charge in [0, 0.05) is 0 Å². The molecule has 0 fully saturated rings. The molecule has 0 saturated carbocycles. The van der Waals surface area contributed by atoms with E-state index < -0.39 is 5.82 Å². The van der Waals surface area contributed by atoms with Crippen LogP contribution in [0.25, 0.3) is 5.57 Å². The zero-order chi connectivity index (χ0) is 7.72. The summed E-state index contributed by atoms with van der Waals surface area (Å²) in [6, 6.07) is 0. The highest BCUT2D eigenvalue weighted by molar-refractivity contribution is 5.56. The maximum atomic E-state index is 10.4. The van der Waals surface area contributed by atoms with Crippen LogP contribution < -0.4 is 5.82 Å². The molecule has 1 heterocycles. The second-order valence-corrected chi connectivity index (χ2v) is 2.12. The molecular weight excluding hydrogens is 132 g/mol. The first-order valence-corrected chi connectivity index (χ1v) is 2.87. The van der Waals surface area contributed by atoms with Crippen LogP contribution in [0.3, 0.4) is 0 Å². The molecule has 0 aliphatic heterocycles. The number of hydrogen-bond donors (Lipinski definition) is 0. The maximum absolute atomic E-state index is 10.4. The molecule has 0 amide bonds. The molecule has 0 aliphatic rings. The Hall–Kier alpha value is -1.25. The van der Waals surface area contributed by atoms with Crippen molar-refractivity contribution in [3.63, 3.8) is 0 Å². The van der Waals surface area contributed by atoms with E-state index in [4.69, 9.17) is 0 Å². The van der Waals surface area contributed by atoms with Crippen molar-refractivity contribution in [1.82, 2.24) is 0 Å². The Morgan fingerprint density at radius 2 is 2.10 bits per heavy atom. The van der Waals surface area contributed by atoms with E-state index in [2.05, 4.69) is 15.4 Å². The molecule has 0 radical (unpaired) electrons. The minimum Gasteiger partial charge on any atom is -0.396 e. The van der Waals surface area contributed by atoms with Crippen LogP contribution in [-0.4, -0.2) is 0 Å². The number of aryl methyl sites for hydroxylation is 1. The van der Waals surface area contributed by atoms with Gasteiger partial charge in [0.2, 0.25) is 0 Å². The molecule has 1 aromatic rings. The van der Waals surface area contributed by atoms with Crippen molar-refractivity contribution >= 4 is 5.57 Å². The van der Waals surface area contributed by atoms with Gasteiger partial charge in [-0.15, -0.1) is 0 Å². The summed E-state index contributed by atoms with van der Waals surface area (Å²) in [4.78, 5) is 10.4. The van der Waals surface area contributed by atoms with Gasteiger partial charge in [0.05, 0.1) is 0 Å². The molecule has 0 N–H and O–H groups in total. The summed E-state index contributed by atoms with van der Waals surface area (Å²) in [6.07, 6.45) is 0. The first-order chi connectivity index (χ1) is 4.61. The Kier molecular flexibility index (Phi) is 1.49. The topological polar surface area (TPSA) is 43.4 Å². The highest BCUT2D eigenvalue weighted by atomic mass is 16.6. The van der Waals surface area contributed by atoms with E-state index in [0.717, 1.165) is 0 Å². The predicted octanol–water partition coefficient (Wildman–Crippen LogP) is 1.57. The van der Waals surface area contributed by atoms with Crippen molar-refractivity contribution in [3.05, 3.63) is 28.7 Å². The summed E-state index contributed by atoms with van der Waals surface area (Å²) in [6.45, 7) is 7.02. The third-order valence-electron chi connectivity index (χ3n) is 1.13. The molecule has 0 atom stereocenters. The van der Waals surface area contributed by atoms with Gasteiger partial charge in [0.25, 0.3) is 0 Å². The van der Waals surface area contributed by atoms with Crippen LogP contribution in [0.5, 0.6) is 0 Å². The first-order valence-electron chi connectivity index (χ1n) is 2.87. The van der Waals surface area contributed by atoms with Crippen LogP contribution >= 0.6 is 0 Å². The van der Waals surface area contributed by atoms with E-state index in [1.54, 1.807) is 13.8 Å². The van der Waals surface area contributed by atoms with E-state index in [1.807, 2.05) is 0 Å². The van der Waals surface area contributed by atoms with Gasteiger partial charge >= 0.3 is 5.82 Å². The number of allylic oxidation sites excluding steroid dienone is 1. The first kappa shape index (κ1) is 6.86. The summed E-state index contributed by atoms with van der Waals surface area (Å²) in [5.41, 5.74) is 0.698. The van der Waals surface area contributed by atoms with Gasteiger partial charge in [-0.1, -0.05) is 6.58 Å². The average Bonchev–Trinajstić information content (AvgIpc) is 2.10. The van der Waals surface area contributed by atoms with Gasteiger partial charge in [-0.25, -0.2) is 4.79 Å². The average molecular weight is 140 g/mol. The van der Waals surface area contributed by atoms with E-state index in [9.17, 15) is 4.79 Å². The smallest absolute Gasteiger partial charge is 0.396 e. The molecule has 0 saturated heterocycles. The lowest BCUT2D eigenvalue weighted by Gasteiger charge is -1.88. The SMILES string of the molecule is C=C(C)c1oc(=O)oc1C.